The van der Waals surface area contributed by atoms with Gasteiger partial charge in [0, 0.05) is 41.3 Å². The number of piperidine rings is 1. The van der Waals surface area contributed by atoms with Gasteiger partial charge in [0.15, 0.2) is 0 Å². The maximum Gasteiger partial charge on any atom is 0.119 e. The van der Waals surface area contributed by atoms with E-state index in [1.165, 1.54) is 31.4 Å². The number of aliphatic hydroxyl groups excluding tert-OH is 3. The number of methoxy groups -OCH3 is 1. The smallest absolute Gasteiger partial charge is 0.119 e. The fourth-order valence-electron chi connectivity index (χ4n) is 5.61. The molecular weight excluding hydrogens is 448 g/mol. The summed E-state index contributed by atoms with van der Waals surface area (Å²) < 4.78 is 5.37. The van der Waals surface area contributed by atoms with Gasteiger partial charge in [-0.25, -0.2) is 0 Å². The van der Waals surface area contributed by atoms with Crippen molar-refractivity contribution in [3.63, 3.8) is 0 Å². The number of ether oxygens (including phenoxy) is 1. The highest BCUT2D eigenvalue weighted by Crippen LogP contribution is 2.40. The summed E-state index contributed by atoms with van der Waals surface area (Å²) in [7, 11) is 1.62. The third-order valence-corrected chi connectivity index (χ3v) is 9.33. The zero-order valence-corrected chi connectivity index (χ0v) is 21.2. The fraction of sp³-hybridized carbons (Fsp3) is 0.667. The first-order chi connectivity index (χ1) is 16.6. The minimum absolute atomic E-state index is 0.143. The number of hydrogen-bond donors (Lipinski definition) is 3. The predicted molar refractivity (Wildman–Crippen MR) is 138 cm³/mol. The number of aromatic nitrogens is 1. The van der Waals surface area contributed by atoms with Gasteiger partial charge in [-0.2, -0.15) is 11.8 Å². The number of aliphatic hydroxyl groups is 3. The van der Waals surface area contributed by atoms with Crippen LogP contribution in [0.5, 0.6) is 5.75 Å². The molecular formula is C27H40N2O4S. The van der Waals surface area contributed by atoms with Crippen LogP contribution in [0.25, 0.3) is 10.9 Å². The zero-order chi connectivity index (χ0) is 24.0. The Labute approximate surface area is 207 Å². The minimum atomic E-state index is -0.732. The number of rotatable bonds is 11. The Morgan fingerprint density at radius 1 is 1.21 bits per heavy atom. The molecule has 1 atom stereocenters. The molecule has 1 aromatic carbocycles. The Kier molecular flexibility index (Phi) is 9.10. The first-order valence-corrected chi connectivity index (χ1v) is 13.8. The molecule has 1 aromatic heterocycles. The van der Waals surface area contributed by atoms with Crippen LogP contribution in [0.4, 0.5) is 0 Å². The normalized spacial score (nSPS) is 20.1. The van der Waals surface area contributed by atoms with E-state index in [1.807, 2.05) is 18.2 Å². The largest absolute Gasteiger partial charge is 0.497 e. The lowest BCUT2D eigenvalue weighted by molar-refractivity contribution is 0.0252. The van der Waals surface area contributed by atoms with Crippen LogP contribution in [-0.4, -0.2) is 69.6 Å². The summed E-state index contributed by atoms with van der Waals surface area (Å²) in [5.41, 5.74) is 1.99. The number of nitrogens with zero attached hydrogens (tertiary/aromatic N) is 2. The molecule has 34 heavy (non-hydrogen) atoms. The lowest BCUT2D eigenvalue weighted by Gasteiger charge is -2.41. The minimum Gasteiger partial charge on any atom is -0.497 e. The molecule has 188 valence electrons. The first kappa shape index (κ1) is 25.7. The predicted octanol–water partition coefficient (Wildman–Crippen LogP) is 4.30. The molecule has 3 N–H and O–H groups in total. The van der Waals surface area contributed by atoms with Crippen molar-refractivity contribution in [1.82, 2.24) is 9.88 Å². The van der Waals surface area contributed by atoms with Crippen LogP contribution in [0.2, 0.25) is 0 Å². The molecule has 2 fully saturated rings. The van der Waals surface area contributed by atoms with Crippen LogP contribution >= 0.6 is 11.8 Å². The molecule has 2 heterocycles. The second kappa shape index (κ2) is 12.0. The van der Waals surface area contributed by atoms with Crippen LogP contribution in [0, 0.1) is 5.41 Å². The number of fused-ring (bicyclic) bond motifs is 1. The summed E-state index contributed by atoms with van der Waals surface area (Å²) in [4.78, 5) is 6.97. The summed E-state index contributed by atoms with van der Waals surface area (Å²) in [6, 6.07) is 5.61. The van der Waals surface area contributed by atoms with Gasteiger partial charge in [0.25, 0.3) is 0 Å². The number of thioether (sulfide) groups is 1. The quantitative estimate of drug-likeness (QED) is 0.435. The highest BCUT2D eigenvalue weighted by Gasteiger charge is 2.34. The Morgan fingerprint density at radius 2 is 1.97 bits per heavy atom. The number of likely N-dealkylation sites (tertiary alicyclic amines) is 1. The molecule has 0 bridgehead atoms. The van der Waals surface area contributed by atoms with Crippen LogP contribution in [0.15, 0.2) is 24.4 Å². The molecule has 0 spiro atoms. The van der Waals surface area contributed by atoms with E-state index in [0.29, 0.717) is 17.7 Å². The fourth-order valence-corrected chi connectivity index (χ4v) is 6.97. The molecule has 0 unspecified atom stereocenters. The van der Waals surface area contributed by atoms with Crippen LogP contribution in [0.1, 0.15) is 68.6 Å². The van der Waals surface area contributed by atoms with Crippen LogP contribution < -0.4 is 4.74 Å². The lowest BCUT2D eigenvalue weighted by Crippen LogP contribution is -2.43. The summed E-state index contributed by atoms with van der Waals surface area (Å²) in [6.45, 7) is 3.14. The molecule has 0 amide bonds. The molecule has 1 saturated carbocycles. The monoisotopic (exact) mass is 488 g/mol. The van der Waals surface area contributed by atoms with E-state index < -0.39 is 6.10 Å². The van der Waals surface area contributed by atoms with Gasteiger partial charge in [-0.1, -0.05) is 12.8 Å². The van der Waals surface area contributed by atoms with Gasteiger partial charge in [-0.05, 0) is 80.8 Å². The van der Waals surface area contributed by atoms with E-state index in [2.05, 4.69) is 21.6 Å². The van der Waals surface area contributed by atoms with Crippen molar-refractivity contribution in [2.45, 2.75) is 69.3 Å². The van der Waals surface area contributed by atoms with E-state index >= 15 is 0 Å². The summed E-state index contributed by atoms with van der Waals surface area (Å²) >= 11 is 2.14. The Hall–Kier alpha value is -1.38. The van der Waals surface area contributed by atoms with Gasteiger partial charge < -0.3 is 25.0 Å². The summed E-state index contributed by atoms with van der Waals surface area (Å²) in [5, 5.41) is 33.1. The van der Waals surface area contributed by atoms with Crippen molar-refractivity contribution in [3.8, 4) is 5.75 Å². The van der Waals surface area contributed by atoms with Gasteiger partial charge in [-0.15, -0.1) is 0 Å². The molecule has 2 aromatic rings. The van der Waals surface area contributed by atoms with Crippen molar-refractivity contribution >= 4 is 22.7 Å². The highest BCUT2D eigenvalue weighted by molar-refractivity contribution is 7.99. The van der Waals surface area contributed by atoms with Gasteiger partial charge in [0.1, 0.15) is 5.75 Å². The average Bonchev–Trinajstić information content (AvgIpc) is 3.40. The maximum absolute atomic E-state index is 11.2. The van der Waals surface area contributed by atoms with E-state index in [4.69, 9.17) is 4.74 Å². The Balaban J connectivity index is 1.36. The van der Waals surface area contributed by atoms with Crippen LogP contribution in [-0.2, 0) is 6.61 Å². The Bertz CT molecular complexity index is 921. The molecule has 1 saturated heterocycles. The second-order valence-corrected chi connectivity index (χ2v) is 11.5. The van der Waals surface area contributed by atoms with E-state index in [0.717, 1.165) is 60.6 Å². The molecule has 2 aliphatic rings. The van der Waals surface area contributed by atoms with Crippen molar-refractivity contribution in [1.29, 1.82) is 0 Å². The van der Waals surface area contributed by atoms with Crippen LogP contribution in [0.3, 0.4) is 0 Å². The van der Waals surface area contributed by atoms with Crippen molar-refractivity contribution in [2.75, 3.05) is 39.1 Å². The lowest BCUT2D eigenvalue weighted by atomic mass is 9.74. The molecule has 1 aliphatic carbocycles. The van der Waals surface area contributed by atoms with E-state index in [1.54, 1.807) is 13.3 Å². The molecule has 7 heteroatoms. The number of pyridine rings is 1. The highest BCUT2D eigenvalue weighted by atomic mass is 32.2. The van der Waals surface area contributed by atoms with E-state index in [9.17, 15) is 15.3 Å². The third-order valence-electron chi connectivity index (χ3n) is 7.97. The molecule has 1 aliphatic heterocycles. The van der Waals surface area contributed by atoms with E-state index in [-0.39, 0.29) is 18.6 Å². The first-order valence-electron chi connectivity index (χ1n) is 12.8. The topological polar surface area (TPSA) is 86.0 Å². The second-order valence-electron chi connectivity index (χ2n) is 10.1. The Morgan fingerprint density at radius 3 is 2.65 bits per heavy atom. The molecule has 6 nitrogen and oxygen atoms in total. The third kappa shape index (κ3) is 6.05. The van der Waals surface area contributed by atoms with Crippen molar-refractivity contribution < 1.29 is 20.1 Å². The number of hydrogen-bond acceptors (Lipinski definition) is 7. The number of benzene rings is 1. The molecule has 0 radical (unpaired) electrons. The SMILES string of the molecule is COc1ccc2ncc(CO)c([C@@H](O)CCC3(CO)CCN(CCSC4CCCC4)CC3)c2c1. The average molecular weight is 489 g/mol. The van der Waals surface area contributed by atoms with Gasteiger partial charge >= 0.3 is 0 Å². The summed E-state index contributed by atoms with van der Waals surface area (Å²) in [5.74, 6) is 1.90. The van der Waals surface area contributed by atoms with Crippen molar-refractivity contribution in [2.24, 2.45) is 5.41 Å². The maximum atomic E-state index is 11.2. The van der Waals surface area contributed by atoms with Crippen molar-refractivity contribution in [3.05, 3.63) is 35.5 Å². The summed E-state index contributed by atoms with van der Waals surface area (Å²) in [6.07, 6.45) is 9.71. The van der Waals surface area contributed by atoms with Gasteiger partial charge in [-0.3, -0.25) is 4.98 Å². The zero-order valence-electron chi connectivity index (χ0n) is 20.4. The van der Waals surface area contributed by atoms with Gasteiger partial charge in [0.2, 0.25) is 0 Å². The standard InChI is InChI=1S/C27H40N2O4S/c1-33-21-6-7-24-23(16-21)26(20(18-30)17-28-24)25(32)8-9-27(19-31)10-12-29(13-11-27)14-15-34-22-4-2-3-5-22/h6-7,16-17,22,25,30-32H,2-5,8-15,18-19H2,1H3/t25-/m0/s1. The van der Waals surface area contributed by atoms with Gasteiger partial charge in [0.05, 0.1) is 25.3 Å². The molecule has 4 rings (SSSR count).